The van der Waals surface area contributed by atoms with E-state index in [0.717, 1.165) is 37.3 Å². The molecule has 0 bridgehead atoms. The predicted octanol–water partition coefficient (Wildman–Crippen LogP) is 2.05. The Balaban J connectivity index is 1.99. The highest BCUT2D eigenvalue weighted by atomic mass is 16.2. The van der Waals surface area contributed by atoms with Gasteiger partial charge < -0.3 is 10.6 Å². The van der Waals surface area contributed by atoms with E-state index in [0.29, 0.717) is 13.1 Å². The van der Waals surface area contributed by atoms with Gasteiger partial charge in [0.15, 0.2) is 0 Å². The fourth-order valence-corrected chi connectivity index (χ4v) is 2.83. The largest absolute Gasteiger partial charge is 0.398 e. The molecule has 21 heavy (non-hydrogen) atoms. The molecule has 1 heterocycles. The number of nitrogen functional groups attached to an aromatic ring is 1. The standard InChI is InChI=1S/C17H25N3O/c1-4-20(10-13(2)3)17(21)12-19-9-8-15-14(11-19)6-5-7-16(15)18/h5-7H,2,4,8-12,18H2,1,3H3. The molecular weight excluding hydrogens is 262 g/mol. The molecule has 1 amide bonds. The summed E-state index contributed by atoms with van der Waals surface area (Å²) in [6.45, 7) is 11.4. The molecule has 114 valence electrons. The predicted molar refractivity (Wildman–Crippen MR) is 86.9 cm³/mol. The number of carbonyl (C=O) groups excluding carboxylic acids is 1. The highest BCUT2D eigenvalue weighted by Crippen LogP contribution is 2.23. The van der Waals surface area contributed by atoms with Crippen LogP contribution in [0.4, 0.5) is 5.69 Å². The summed E-state index contributed by atoms with van der Waals surface area (Å²) in [4.78, 5) is 16.4. The number of amides is 1. The van der Waals surface area contributed by atoms with Crippen LogP contribution in [-0.2, 0) is 17.8 Å². The van der Waals surface area contributed by atoms with Gasteiger partial charge in [0.1, 0.15) is 0 Å². The van der Waals surface area contributed by atoms with Crippen LogP contribution >= 0.6 is 0 Å². The first-order valence-electron chi connectivity index (χ1n) is 7.52. The van der Waals surface area contributed by atoms with Crippen LogP contribution in [0.25, 0.3) is 0 Å². The van der Waals surface area contributed by atoms with Crippen molar-refractivity contribution in [3.8, 4) is 0 Å². The molecule has 2 rings (SSSR count). The van der Waals surface area contributed by atoms with Gasteiger partial charge in [-0.25, -0.2) is 0 Å². The van der Waals surface area contributed by atoms with Crippen LogP contribution in [0, 0.1) is 0 Å². The fraction of sp³-hybridized carbons (Fsp3) is 0.471. The zero-order valence-electron chi connectivity index (χ0n) is 13.1. The Morgan fingerprint density at radius 1 is 1.48 bits per heavy atom. The molecule has 0 aromatic heterocycles. The van der Waals surface area contributed by atoms with E-state index in [1.807, 2.05) is 30.9 Å². The first-order valence-corrected chi connectivity index (χ1v) is 7.52. The summed E-state index contributed by atoms with van der Waals surface area (Å²) < 4.78 is 0. The summed E-state index contributed by atoms with van der Waals surface area (Å²) >= 11 is 0. The zero-order chi connectivity index (χ0) is 15.4. The molecule has 0 unspecified atom stereocenters. The van der Waals surface area contributed by atoms with E-state index in [2.05, 4.69) is 17.5 Å². The van der Waals surface area contributed by atoms with Gasteiger partial charge in [-0.3, -0.25) is 9.69 Å². The lowest BCUT2D eigenvalue weighted by Gasteiger charge is -2.31. The second-order valence-corrected chi connectivity index (χ2v) is 5.81. The van der Waals surface area contributed by atoms with Crippen molar-refractivity contribution in [2.24, 2.45) is 0 Å². The fourth-order valence-electron chi connectivity index (χ4n) is 2.83. The minimum atomic E-state index is 0.174. The third kappa shape index (κ3) is 3.85. The summed E-state index contributed by atoms with van der Waals surface area (Å²) in [5, 5.41) is 0. The molecule has 0 saturated carbocycles. The van der Waals surface area contributed by atoms with Gasteiger partial charge >= 0.3 is 0 Å². The van der Waals surface area contributed by atoms with Crippen LogP contribution in [0.2, 0.25) is 0 Å². The topological polar surface area (TPSA) is 49.6 Å². The zero-order valence-corrected chi connectivity index (χ0v) is 13.1. The van der Waals surface area contributed by atoms with E-state index in [9.17, 15) is 4.79 Å². The molecule has 4 heteroatoms. The van der Waals surface area contributed by atoms with Crippen molar-refractivity contribution >= 4 is 11.6 Å². The van der Waals surface area contributed by atoms with Crippen molar-refractivity contribution in [2.45, 2.75) is 26.8 Å². The molecule has 1 aromatic rings. The van der Waals surface area contributed by atoms with Gasteiger partial charge in [-0.05, 0) is 37.5 Å². The second-order valence-electron chi connectivity index (χ2n) is 5.81. The normalized spacial score (nSPS) is 14.6. The van der Waals surface area contributed by atoms with Gasteiger partial charge in [-0.15, -0.1) is 0 Å². The van der Waals surface area contributed by atoms with Crippen LogP contribution < -0.4 is 5.73 Å². The number of rotatable bonds is 5. The maximum absolute atomic E-state index is 12.4. The van der Waals surface area contributed by atoms with Crippen molar-refractivity contribution in [2.75, 3.05) is 31.9 Å². The third-order valence-corrected chi connectivity index (χ3v) is 3.94. The number of carbonyl (C=O) groups is 1. The Kier molecular flexibility index (Phi) is 5.02. The van der Waals surface area contributed by atoms with Gasteiger partial charge in [-0.2, -0.15) is 0 Å². The number of likely N-dealkylation sites (N-methyl/N-ethyl adjacent to an activating group) is 1. The Labute approximate surface area is 127 Å². The van der Waals surface area contributed by atoms with Gasteiger partial charge in [0, 0.05) is 31.9 Å². The lowest BCUT2D eigenvalue weighted by Crippen LogP contribution is -2.42. The first-order chi connectivity index (χ1) is 10.0. The quantitative estimate of drug-likeness (QED) is 0.666. The smallest absolute Gasteiger partial charge is 0.237 e. The monoisotopic (exact) mass is 287 g/mol. The summed E-state index contributed by atoms with van der Waals surface area (Å²) in [6, 6.07) is 6.04. The van der Waals surface area contributed by atoms with Crippen molar-refractivity contribution in [1.29, 1.82) is 0 Å². The van der Waals surface area contributed by atoms with E-state index < -0.39 is 0 Å². The van der Waals surface area contributed by atoms with E-state index >= 15 is 0 Å². The minimum absolute atomic E-state index is 0.174. The SMILES string of the molecule is C=C(C)CN(CC)C(=O)CN1CCc2c(N)cccc2C1. The molecule has 0 saturated heterocycles. The summed E-state index contributed by atoms with van der Waals surface area (Å²) in [6.07, 6.45) is 0.919. The molecule has 1 aliphatic heterocycles. The highest BCUT2D eigenvalue weighted by molar-refractivity contribution is 5.78. The molecule has 2 N–H and O–H groups in total. The maximum atomic E-state index is 12.4. The summed E-state index contributed by atoms with van der Waals surface area (Å²) in [5.41, 5.74) is 10.4. The van der Waals surface area contributed by atoms with E-state index in [-0.39, 0.29) is 5.91 Å². The highest BCUT2D eigenvalue weighted by Gasteiger charge is 2.21. The maximum Gasteiger partial charge on any atom is 0.237 e. The van der Waals surface area contributed by atoms with E-state index in [1.54, 1.807) is 0 Å². The average molecular weight is 287 g/mol. The van der Waals surface area contributed by atoms with Gasteiger partial charge in [0.2, 0.25) is 5.91 Å². The van der Waals surface area contributed by atoms with Crippen LogP contribution in [0.15, 0.2) is 30.4 Å². The molecule has 4 nitrogen and oxygen atoms in total. The van der Waals surface area contributed by atoms with Crippen molar-refractivity contribution in [3.05, 3.63) is 41.5 Å². The van der Waals surface area contributed by atoms with E-state index in [1.165, 1.54) is 11.1 Å². The number of nitrogens with zero attached hydrogens (tertiary/aromatic N) is 2. The number of benzene rings is 1. The summed E-state index contributed by atoms with van der Waals surface area (Å²) in [5.74, 6) is 0.174. The van der Waals surface area contributed by atoms with Crippen molar-refractivity contribution in [3.63, 3.8) is 0 Å². The van der Waals surface area contributed by atoms with Crippen LogP contribution in [0.5, 0.6) is 0 Å². The summed E-state index contributed by atoms with van der Waals surface area (Å²) in [7, 11) is 0. The van der Waals surface area contributed by atoms with Crippen molar-refractivity contribution < 1.29 is 4.79 Å². The Morgan fingerprint density at radius 2 is 2.24 bits per heavy atom. The molecule has 0 radical (unpaired) electrons. The number of nitrogens with two attached hydrogens (primary N) is 1. The molecule has 0 aliphatic carbocycles. The van der Waals surface area contributed by atoms with Crippen LogP contribution in [-0.4, -0.2) is 41.9 Å². The average Bonchev–Trinajstić information content (AvgIpc) is 2.44. The van der Waals surface area contributed by atoms with Crippen LogP contribution in [0.1, 0.15) is 25.0 Å². The van der Waals surface area contributed by atoms with Crippen LogP contribution in [0.3, 0.4) is 0 Å². The minimum Gasteiger partial charge on any atom is -0.398 e. The molecular formula is C17H25N3O. The van der Waals surface area contributed by atoms with Crippen molar-refractivity contribution in [1.82, 2.24) is 9.80 Å². The molecule has 0 atom stereocenters. The molecule has 0 spiro atoms. The van der Waals surface area contributed by atoms with E-state index in [4.69, 9.17) is 5.73 Å². The molecule has 1 aromatic carbocycles. The first kappa shape index (κ1) is 15.6. The Bertz CT molecular complexity index is 539. The van der Waals surface area contributed by atoms with Gasteiger partial charge in [-0.1, -0.05) is 24.3 Å². The second kappa shape index (κ2) is 6.76. The number of anilines is 1. The third-order valence-electron chi connectivity index (χ3n) is 3.94. The van der Waals surface area contributed by atoms with Gasteiger partial charge in [0.05, 0.1) is 6.54 Å². The molecule has 0 fully saturated rings. The Morgan fingerprint density at radius 3 is 2.90 bits per heavy atom. The number of hydrogen-bond donors (Lipinski definition) is 1. The number of fused-ring (bicyclic) bond motifs is 1. The lowest BCUT2D eigenvalue weighted by atomic mass is 9.98. The number of hydrogen-bond acceptors (Lipinski definition) is 3. The Hall–Kier alpha value is -1.81. The van der Waals surface area contributed by atoms with Gasteiger partial charge in [0.25, 0.3) is 0 Å². The molecule has 1 aliphatic rings. The lowest BCUT2D eigenvalue weighted by molar-refractivity contribution is -0.132.